The van der Waals surface area contributed by atoms with E-state index in [0.29, 0.717) is 12.8 Å². The fraction of sp³-hybridized carbons (Fsp3) is 0.727. The molecule has 0 aliphatic rings. The molecule has 0 aromatic heterocycles. The van der Waals surface area contributed by atoms with Gasteiger partial charge in [0.2, 0.25) is 0 Å². The van der Waals surface area contributed by atoms with E-state index in [1.54, 1.807) is 0 Å². The van der Waals surface area contributed by atoms with Gasteiger partial charge in [-0.2, -0.15) is 0 Å². The van der Waals surface area contributed by atoms with Crippen molar-refractivity contribution in [3.63, 3.8) is 0 Å². The summed E-state index contributed by atoms with van der Waals surface area (Å²) in [7, 11) is -4.64. The zero-order valence-electron chi connectivity index (χ0n) is 34.4. The number of phosphoric ester groups is 1. The van der Waals surface area contributed by atoms with Gasteiger partial charge in [0.1, 0.15) is 12.2 Å². The molecule has 0 fully saturated rings. The number of unbranched alkanes of at least 4 members (excludes halogenated alkanes) is 15. The Morgan fingerprint density at radius 2 is 0.855 bits per heavy atom. The molecular formula is C44H77O10P. The highest BCUT2D eigenvalue weighted by Crippen LogP contribution is 2.43. The van der Waals surface area contributed by atoms with Crippen LogP contribution in [0.25, 0.3) is 0 Å². The first kappa shape index (κ1) is 52.7. The van der Waals surface area contributed by atoms with Crippen LogP contribution in [-0.4, -0.2) is 65.7 Å². The predicted octanol–water partition coefficient (Wildman–Crippen LogP) is 11.1. The van der Waals surface area contributed by atoms with Crippen molar-refractivity contribution in [3.05, 3.63) is 60.8 Å². The lowest BCUT2D eigenvalue weighted by atomic mass is 10.1. The second-order valence-electron chi connectivity index (χ2n) is 13.9. The Bertz CT molecular complexity index is 1100. The maximum absolute atomic E-state index is 12.3. The molecule has 0 rings (SSSR count). The number of carbonyl (C=O) groups excluding carboxylic acids is 2. The highest BCUT2D eigenvalue weighted by molar-refractivity contribution is 7.47. The van der Waals surface area contributed by atoms with E-state index in [2.05, 4.69) is 74.6 Å². The van der Waals surface area contributed by atoms with Gasteiger partial charge in [0.15, 0.2) is 0 Å². The minimum atomic E-state index is -4.64. The Kier molecular flexibility index (Phi) is 38.2. The van der Waals surface area contributed by atoms with Crippen molar-refractivity contribution in [2.24, 2.45) is 0 Å². The Morgan fingerprint density at radius 3 is 1.25 bits per heavy atom. The molecule has 3 N–H and O–H groups in total. The topological polar surface area (TPSA) is 149 Å². The molecule has 55 heavy (non-hydrogen) atoms. The number of esters is 2. The van der Waals surface area contributed by atoms with Crippen LogP contribution >= 0.6 is 7.82 Å². The molecule has 11 heteroatoms. The summed E-state index contributed by atoms with van der Waals surface area (Å²) in [5, 5.41) is 19.1. The summed E-state index contributed by atoms with van der Waals surface area (Å²) < 4.78 is 32.5. The van der Waals surface area contributed by atoms with E-state index >= 15 is 0 Å². The van der Waals surface area contributed by atoms with Crippen LogP contribution in [0.4, 0.5) is 0 Å². The third-order valence-corrected chi connectivity index (χ3v) is 9.66. The van der Waals surface area contributed by atoms with Gasteiger partial charge in [-0.25, -0.2) is 4.57 Å². The van der Waals surface area contributed by atoms with E-state index in [1.807, 2.05) is 0 Å². The zero-order chi connectivity index (χ0) is 40.5. The van der Waals surface area contributed by atoms with E-state index < -0.39 is 58.4 Å². The lowest BCUT2D eigenvalue weighted by Gasteiger charge is -2.20. The van der Waals surface area contributed by atoms with Crippen LogP contribution in [0.5, 0.6) is 0 Å². The molecule has 0 saturated carbocycles. The molecule has 0 radical (unpaired) electrons. The number of hydrogen-bond donors (Lipinski definition) is 3. The summed E-state index contributed by atoms with van der Waals surface area (Å²) in [5.74, 6) is -1.05. The van der Waals surface area contributed by atoms with Crippen molar-refractivity contribution in [1.29, 1.82) is 0 Å². The number of aliphatic hydroxyl groups is 2. The highest BCUT2D eigenvalue weighted by atomic mass is 31.2. The van der Waals surface area contributed by atoms with E-state index in [1.165, 1.54) is 25.7 Å². The summed E-state index contributed by atoms with van der Waals surface area (Å²) >= 11 is 0. The van der Waals surface area contributed by atoms with Crippen LogP contribution < -0.4 is 0 Å². The van der Waals surface area contributed by atoms with Gasteiger partial charge in [-0.05, 0) is 77.0 Å². The fourth-order valence-corrected chi connectivity index (χ4v) is 6.24. The van der Waals surface area contributed by atoms with Crippen LogP contribution in [0.3, 0.4) is 0 Å². The van der Waals surface area contributed by atoms with Gasteiger partial charge in [0.25, 0.3) is 0 Å². The van der Waals surface area contributed by atoms with Gasteiger partial charge in [0.05, 0.1) is 26.4 Å². The smallest absolute Gasteiger partial charge is 0.457 e. The number of aliphatic hydroxyl groups excluding tert-OH is 2. The Balaban J connectivity index is 3.97. The van der Waals surface area contributed by atoms with Crippen molar-refractivity contribution in [2.75, 3.05) is 26.4 Å². The number of allylic oxidation sites excluding steroid dienone is 10. The van der Waals surface area contributed by atoms with Gasteiger partial charge in [-0.15, -0.1) is 0 Å². The fourth-order valence-electron chi connectivity index (χ4n) is 5.45. The molecule has 0 aromatic rings. The summed E-state index contributed by atoms with van der Waals surface area (Å²) in [6.45, 7) is 2.04. The van der Waals surface area contributed by atoms with Crippen molar-refractivity contribution in [1.82, 2.24) is 0 Å². The highest BCUT2D eigenvalue weighted by Gasteiger charge is 2.27. The number of rotatable bonds is 39. The lowest BCUT2D eigenvalue weighted by molar-refractivity contribution is -0.153. The van der Waals surface area contributed by atoms with Crippen molar-refractivity contribution >= 4 is 19.8 Å². The molecule has 318 valence electrons. The Hall–Kier alpha value is -2.33. The van der Waals surface area contributed by atoms with Crippen molar-refractivity contribution in [3.8, 4) is 0 Å². The predicted molar refractivity (Wildman–Crippen MR) is 224 cm³/mol. The van der Waals surface area contributed by atoms with E-state index in [9.17, 15) is 29.3 Å². The lowest BCUT2D eigenvalue weighted by Crippen LogP contribution is -2.28. The molecule has 3 unspecified atom stereocenters. The molecule has 0 aliphatic heterocycles. The van der Waals surface area contributed by atoms with Crippen LogP contribution in [-0.2, 0) is 32.7 Å². The molecule has 0 bridgehead atoms. The van der Waals surface area contributed by atoms with E-state index in [4.69, 9.17) is 18.5 Å². The molecule has 3 atom stereocenters. The second-order valence-corrected chi connectivity index (χ2v) is 15.4. The standard InChI is InChI=1S/C44H77O10P/c1-3-5-7-9-11-13-15-17-18-19-20-21-22-24-26-28-30-32-34-36-44(48)54-42(38-46)40-52-55(49,50)51-39-41(37-45)53-43(47)35-33-31-29-27-25-23-16-14-12-10-8-6-4-2/h5,7,11,13-14,16-18,20-21,41-42,45-46H,3-4,6,8-10,12,15,19,22-40H2,1-2H3,(H,49,50)/b7-5-,13-11-,16-14-,18-17-,21-20-. The molecular weight excluding hydrogens is 719 g/mol. The molecule has 10 nitrogen and oxygen atoms in total. The maximum atomic E-state index is 12.3. The maximum Gasteiger partial charge on any atom is 0.472 e. The summed E-state index contributed by atoms with van der Waals surface area (Å²) in [6, 6.07) is 0. The van der Waals surface area contributed by atoms with Gasteiger partial charge < -0.3 is 24.6 Å². The third-order valence-electron chi connectivity index (χ3n) is 8.71. The van der Waals surface area contributed by atoms with Gasteiger partial charge >= 0.3 is 19.8 Å². The van der Waals surface area contributed by atoms with Gasteiger partial charge in [0, 0.05) is 12.8 Å². The first-order valence-electron chi connectivity index (χ1n) is 21.2. The largest absolute Gasteiger partial charge is 0.472 e. The van der Waals surface area contributed by atoms with Crippen molar-refractivity contribution < 1.29 is 47.8 Å². The second kappa shape index (κ2) is 39.9. The molecule has 0 amide bonds. The molecule has 0 aliphatic carbocycles. The molecule has 0 heterocycles. The summed E-state index contributed by atoms with van der Waals surface area (Å²) in [5.41, 5.74) is 0. The normalized spacial score (nSPS) is 14.5. The Labute approximate surface area is 334 Å². The van der Waals surface area contributed by atoms with E-state index in [-0.39, 0.29) is 12.8 Å². The Morgan fingerprint density at radius 1 is 0.509 bits per heavy atom. The summed E-state index contributed by atoms with van der Waals surface area (Å²) in [4.78, 5) is 34.5. The average Bonchev–Trinajstić information content (AvgIpc) is 3.17. The first-order chi connectivity index (χ1) is 26.8. The molecule has 0 spiro atoms. The van der Waals surface area contributed by atoms with Crippen LogP contribution in [0.15, 0.2) is 60.8 Å². The monoisotopic (exact) mass is 797 g/mol. The molecule has 0 aromatic carbocycles. The van der Waals surface area contributed by atoms with E-state index in [0.717, 1.165) is 103 Å². The minimum Gasteiger partial charge on any atom is -0.457 e. The minimum absolute atomic E-state index is 0.173. The third kappa shape index (κ3) is 38.3. The number of ether oxygens (including phenoxy) is 2. The molecule has 0 saturated heterocycles. The van der Waals surface area contributed by atoms with Crippen LogP contribution in [0, 0.1) is 0 Å². The van der Waals surface area contributed by atoms with Gasteiger partial charge in [-0.1, -0.05) is 139 Å². The van der Waals surface area contributed by atoms with Crippen LogP contribution in [0.2, 0.25) is 0 Å². The van der Waals surface area contributed by atoms with Gasteiger partial charge in [-0.3, -0.25) is 18.6 Å². The SMILES string of the molecule is CC/C=C\C/C=C\C/C=C\C/C=C\CCCCCCCCC(=O)OC(CO)COP(=O)(O)OCC(CO)OC(=O)CCCCCCC/C=C\CCCCCC. The quantitative estimate of drug-likeness (QED) is 0.0237. The number of phosphoric acid groups is 1. The first-order valence-corrected chi connectivity index (χ1v) is 22.7. The summed E-state index contributed by atoms with van der Waals surface area (Å²) in [6.07, 6.45) is 43.3. The zero-order valence-corrected chi connectivity index (χ0v) is 35.3. The average molecular weight is 797 g/mol. The number of carbonyl (C=O) groups is 2. The van der Waals surface area contributed by atoms with Crippen molar-refractivity contribution in [2.45, 2.75) is 180 Å². The van der Waals surface area contributed by atoms with Crippen LogP contribution in [0.1, 0.15) is 168 Å². The number of hydrogen-bond acceptors (Lipinski definition) is 9.